The predicted molar refractivity (Wildman–Crippen MR) is 67.6 cm³/mol. The van der Waals surface area contributed by atoms with Gasteiger partial charge in [0.1, 0.15) is 5.82 Å². The van der Waals surface area contributed by atoms with Crippen LogP contribution in [0.2, 0.25) is 0 Å². The standard InChI is InChI=1S/C13H19FN2O/c1-9-7-13(12(15)8-11(9)14)16(5-6-17)10-3-2-4-10/h7-8,10,17H,2-6,15H2,1H3. The van der Waals surface area contributed by atoms with E-state index < -0.39 is 0 Å². The van der Waals surface area contributed by atoms with Crippen molar-refractivity contribution in [3.8, 4) is 0 Å². The van der Waals surface area contributed by atoms with Gasteiger partial charge in [-0.1, -0.05) is 0 Å². The number of aliphatic hydroxyl groups is 1. The lowest BCUT2D eigenvalue weighted by Gasteiger charge is -2.39. The zero-order valence-electron chi connectivity index (χ0n) is 10.1. The highest BCUT2D eigenvalue weighted by atomic mass is 19.1. The van der Waals surface area contributed by atoms with Crippen LogP contribution in [0.25, 0.3) is 0 Å². The Hall–Kier alpha value is -1.29. The van der Waals surface area contributed by atoms with Crippen molar-refractivity contribution in [3.63, 3.8) is 0 Å². The van der Waals surface area contributed by atoms with Crippen LogP contribution in [0.1, 0.15) is 24.8 Å². The van der Waals surface area contributed by atoms with Gasteiger partial charge in [-0.05, 0) is 43.9 Å². The van der Waals surface area contributed by atoms with Crippen LogP contribution < -0.4 is 10.6 Å². The van der Waals surface area contributed by atoms with Crippen molar-refractivity contribution < 1.29 is 9.50 Å². The molecule has 1 aliphatic carbocycles. The average molecular weight is 238 g/mol. The summed E-state index contributed by atoms with van der Waals surface area (Å²) in [5.41, 5.74) is 7.77. The lowest BCUT2D eigenvalue weighted by Crippen LogP contribution is -2.42. The van der Waals surface area contributed by atoms with Crippen LogP contribution in [0.15, 0.2) is 12.1 Å². The minimum absolute atomic E-state index is 0.0896. The molecule has 1 fully saturated rings. The summed E-state index contributed by atoms with van der Waals surface area (Å²) in [6, 6.07) is 3.58. The van der Waals surface area contributed by atoms with E-state index in [0.29, 0.717) is 23.8 Å². The molecule has 0 aromatic heterocycles. The Morgan fingerprint density at radius 2 is 2.18 bits per heavy atom. The van der Waals surface area contributed by atoms with Gasteiger partial charge >= 0.3 is 0 Å². The van der Waals surface area contributed by atoms with Crippen LogP contribution in [0.3, 0.4) is 0 Å². The fourth-order valence-corrected chi connectivity index (χ4v) is 2.24. The fraction of sp³-hybridized carbons (Fsp3) is 0.538. The number of aryl methyl sites for hydroxylation is 1. The predicted octanol–water partition coefficient (Wildman–Crippen LogP) is 2.07. The third kappa shape index (κ3) is 2.36. The van der Waals surface area contributed by atoms with E-state index in [-0.39, 0.29) is 12.4 Å². The Morgan fingerprint density at radius 3 is 2.71 bits per heavy atom. The van der Waals surface area contributed by atoms with Gasteiger partial charge in [-0.15, -0.1) is 0 Å². The molecular weight excluding hydrogens is 219 g/mol. The monoisotopic (exact) mass is 238 g/mol. The molecular formula is C13H19FN2O. The summed E-state index contributed by atoms with van der Waals surface area (Å²) >= 11 is 0. The second-order valence-corrected chi connectivity index (χ2v) is 4.66. The number of nitrogen functional groups attached to an aromatic ring is 1. The summed E-state index contributed by atoms with van der Waals surface area (Å²) in [6.07, 6.45) is 3.46. The third-order valence-electron chi connectivity index (χ3n) is 3.47. The summed E-state index contributed by atoms with van der Waals surface area (Å²) < 4.78 is 13.4. The van der Waals surface area contributed by atoms with Crippen LogP contribution in [0.4, 0.5) is 15.8 Å². The molecule has 94 valence electrons. The van der Waals surface area contributed by atoms with Gasteiger partial charge in [-0.2, -0.15) is 0 Å². The molecule has 0 aliphatic heterocycles. The van der Waals surface area contributed by atoms with Gasteiger partial charge in [0.25, 0.3) is 0 Å². The van der Waals surface area contributed by atoms with Gasteiger partial charge in [0.15, 0.2) is 0 Å². The van der Waals surface area contributed by atoms with Crippen LogP contribution in [-0.2, 0) is 0 Å². The number of benzene rings is 1. The number of anilines is 2. The van der Waals surface area contributed by atoms with E-state index in [4.69, 9.17) is 10.8 Å². The molecule has 0 atom stereocenters. The third-order valence-corrected chi connectivity index (χ3v) is 3.47. The molecule has 1 aliphatic rings. The number of halogens is 1. The molecule has 2 rings (SSSR count). The molecule has 0 heterocycles. The quantitative estimate of drug-likeness (QED) is 0.789. The van der Waals surface area contributed by atoms with Crippen LogP contribution in [-0.4, -0.2) is 24.3 Å². The molecule has 17 heavy (non-hydrogen) atoms. The Labute approximate surface area is 101 Å². The molecule has 3 nitrogen and oxygen atoms in total. The van der Waals surface area contributed by atoms with E-state index in [2.05, 4.69) is 4.90 Å². The SMILES string of the molecule is Cc1cc(N(CCO)C2CCC2)c(N)cc1F. The van der Waals surface area contributed by atoms with Crippen LogP contribution in [0, 0.1) is 12.7 Å². The van der Waals surface area contributed by atoms with E-state index in [9.17, 15) is 4.39 Å². The summed E-state index contributed by atoms with van der Waals surface area (Å²) in [4.78, 5) is 2.10. The lowest BCUT2D eigenvalue weighted by atomic mass is 9.90. The largest absolute Gasteiger partial charge is 0.397 e. The fourth-order valence-electron chi connectivity index (χ4n) is 2.24. The van der Waals surface area contributed by atoms with Gasteiger partial charge in [-0.3, -0.25) is 0 Å². The van der Waals surface area contributed by atoms with Gasteiger partial charge in [-0.25, -0.2) is 4.39 Å². The number of nitrogens with two attached hydrogens (primary N) is 1. The normalized spacial score (nSPS) is 15.7. The summed E-state index contributed by atoms with van der Waals surface area (Å²) in [7, 11) is 0. The topological polar surface area (TPSA) is 49.5 Å². The Balaban J connectivity index is 2.31. The zero-order chi connectivity index (χ0) is 12.4. The maximum Gasteiger partial charge on any atom is 0.128 e. The van der Waals surface area contributed by atoms with Crippen molar-refractivity contribution in [2.24, 2.45) is 0 Å². The highest BCUT2D eigenvalue weighted by Gasteiger charge is 2.26. The first-order valence-electron chi connectivity index (χ1n) is 6.06. The molecule has 0 radical (unpaired) electrons. The number of rotatable bonds is 4. The smallest absolute Gasteiger partial charge is 0.128 e. The Morgan fingerprint density at radius 1 is 1.47 bits per heavy atom. The first-order chi connectivity index (χ1) is 8.13. The van der Waals surface area contributed by atoms with Gasteiger partial charge in [0.05, 0.1) is 18.0 Å². The molecule has 1 aromatic carbocycles. The Kier molecular flexibility index (Phi) is 3.52. The molecule has 3 N–H and O–H groups in total. The zero-order valence-corrected chi connectivity index (χ0v) is 10.1. The molecule has 1 aromatic rings. The number of hydrogen-bond acceptors (Lipinski definition) is 3. The van der Waals surface area contributed by atoms with Crippen molar-refractivity contribution in [2.45, 2.75) is 32.2 Å². The molecule has 0 amide bonds. The summed E-state index contributed by atoms with van der Waals surface area (Å²) in [6.45, 7) is 2.38. The maximum atomic E-state index is 13.4. The first-order valence-corrected chi connectivity index (χ1v) is 6.06. The van der Waals surface area contributed by atoms with Crippen molar-refractivity contribution in [2.75, 3.05) is 23.8 Å². The molecule has 0 spiro atoms. The summed E-state index contributed by atoms with van der Waals surface area (Å²) in [5.74, 6) is -0.274. The highest BCUT2D eigenvalue weighted by Crippen LogP contribution is 2.34. The molecule has 0 saturated heterocycles. The second kappa shape index (κ2) is 4.92. The van der Waals surface area contributed by atoms with Gasteiger partial charge < -0.3 is 15.7 Å². The molecule has 4 heteroatoms. The molecule has 0 bridgehead atoms. The molecule has 0 unspecified atom stereocenters. The summed E-state index contributed by atoms with van der Waals surface area (Å²) in [5, 5.41) is 9.12. The van der Waals surface area contributed by atoms with Crippen molar-refractivity contribution >= 4 is 11.4 Å². The van der Waals surface area contributed by atoms with Crippen molar-refractivity contribution in [1.29, 1.82) is 0 Å². The lowest BCUT2D eigenvalue weighted by molar-refractivity contribution is 0.284. The molecule has 1 saturated carbocycles. The van der Waals surface area contributed by atoms with Crippen molar-refractivity contribution in [1.82, 2.24) is 0 Å². The van der Waals surface area contributed by atoms with Crippen LogP contribution in [0.5, 0.6) is 0 Å². The number of hydrogen-bond donors (Lipinski definition) is 2. The minimum Gasteiger partial charge on any atom is -0.397 e. The van der Waals surface area contributed by atoms with Gasteiger partial charge in [0, 0.05) is 12.6 Å². The minimum atomic E-state index is -0.274. The number of aliphatic hydroxyl groups excluding tert-OH is 1. The Bertz CT molecular complexity index is 405. The average Bonchev–Trinajstić information content (AvgIpc) is 2.20. The van der Waals surface area contributed by atoms with E-state index in [1.54, 1.807) is 13.0 Å². The van der Waals surface area contributed by atoms with E-state index >= 15 is 0 Å². The van der Waals surface area contributed by atoms with Gasteiger partial charge in [0.2, 0.25) is 0 Å². The highest BCUT2D eigenvalue weighted by molar-refractivity contribution is 5.69. The van der Waals surface area contributed by atoms with Crippen molar-refractivity contribution in [3.05, 3.63) is 23.5 Å². The van der Waals surface area contributed by atoms with E-state index in [1.165, 1.54) is 12.5 Å². The number of nitrogens with zero attached hydrogens (tertiary/aromatic N) is 1. The van der Waals surface area contributed by atoms with Crippen LogP contribution >= 0.6 is 0 Å². The first kappa shape index (κ1) is 12.2. The second-order valence-electron chi connectivity index (χ2n) is 4.66. The van der Waals surface area contributed by atoms with E-state index in [0.717, 1.165) is 18.5 Å². The van der Waals surface area contributed by atoms with E-state index in [1.807, 2.05) is 0 Å². The maximum absolute atomic E-state index is 13.4.